The summed E-state index contributed by atoms with van der Waals surface area (Å²) in [6, 6.07) is 3.72. The Labute approximate surface area is 88.6 Å². The molecule has 0 aromatic carbocycles. The van der Waals surface area contributed by atoms with Crippen molar-refractivity contribution in [2.24, 2.45) is 11.8 Å². The topological polar surface area (TPSA) is 51.2 Å². The van der Waals surface area contributed by atoms with Crippen LogP contribution in [0.15, 0.2) is 16.5 Å². The molecule has 1 aromatic rings. The number of furan rings is 1. The fourth-order valence-electron chi connectivity index (χ4n) is 1.63. The van der Waals surface area contributed by atoms with Crippen molar-refractivity contribution in [2.75, 3.05) is 0 Å². The van der Waals surface area contributed by atoms with Crippen molar-refractivity contribution in [2.45, 2.75) is 31.7 Å². The van der Waals surface area contributed by atoms with Gasteiger partial charge in [0, 0.05) is 0 Å². The molecule has 1 saturated carbocycles. The van der Waals surface area contributed by atoms with Crippen molar-refractivity contribution in [1.29, 1.82) is 0 Å². The largest absolute Gasteiger partial charge is 0.448 e. The van der Waals surface area contributed by atoms with Gasteiger partial charge in [-0.05, 0) is 42.5 Å². The maximum Gasteiger partial charge on any atom is 0.193 e. The standard InChI is InChI=1S/C10H15ClN2O/c11-10-6-5-9(14-10)8(13-12)4-3-7-1-2-7/h5-8,13H,1-4,12H2. The van der Waals surface area contributed by atoms with Crippen LogP contribution in [-0.2, 0) is 0 Å². The zero-order valence-electron chi connectivity index (χ0n) is 8.00. The van der Waals surface area contributed by atoms with Gasteiger partial charge in [-0.3, -0.25) is 5.84 Å². The summed E-state index contributed by atoms with van der Waals surface area (Å²) in [7, 11) is 0. The Morgan fingerprint density at radius 3 is 2.86 bits per heavy atom. The zero-order chi connectivity index (χ0) is 9.97. The SMILES string of the molecule is NNC(CCC1CC1)c1ccc(Cl)o1. The summed E-state index contributed by atoms with van der Waals surface area (Å²) in [6.07, 6.45) is 4.98. The average Bonchev–Trinajstić information content (AvgIpc) is 2.90. The van der Waals surface area contributed by atoms with E-state index in [0.717, 1.165) is 18.1 Å². The number of nitrogens with two attached hydrogens (primary N) is 1. The van der Waals surface area contributed by atoms with E-state index in [1.165, 1.54) is 19.3 Å². The van der Waals surface area contributed by atoms with Gasteiger partial charge in [-0.25, -0.2) is 5.43 Å². The van der Waals surface area contributed by atoms with Gasteiger partial charge in [-0.2, -0.15) is 0 Å². The van der Waals surface area contributed by atoms with Gasteiger partial charge in [-0.15, -0.1) is 0 Å². The monoisotopic (exact) mass is 214 g/mol. The number of nitrogens with one attached hydrogen (secondary N) is 1. The minimum atomic E-state index is 0.100. The highest BCUT2D eigenvalue weighted by atomic mass is 35.5. The summed E-state index contributed by atoms with van der Waals surface area (Å²) >= 11 is 5.70. The molecule has 1 fully saturated rings. The van der Waals surface area contributed by atoms with Gasteiger partial charge in [0.15, 0.2) is 5.22 Å². The van der Waals surface area contributed by atoms with Gasteiger partial charge in [0.25, 0.3) is 0 Å². The van der Waals surface area contributed by atoms with Gasteiger partial charge in [0.2, 0.25) is 0 Å². The molecule has 1 heterocycles. The zero-order valence-corrected chi connectivity index (χ0v) is 8.76. The molecule has 2 rings (SSSR count). The molecule has 0 radical (unpaired) electrons. The Morgan fingerprint density at radius 1 is 1.57 bits per heavy atom. The number of hydrogen-bond donors (Lipinski definition) is 2. The minimum Gasteiger partial charge on any atom is -0.448 e. The Bertz CT molecular complexity index is 296. The molecule has 1 aliphatic rings. The van der Waals surface area contributed by atoms with E-state index in [1.54, 1.807) is 6.07 Å². The van der Waals surface area contributed by atoms with E-state index in [4.69, 9.17) is 21.9 Å². The third kappa shape index (κ3) is 2.50. The van der Waals surface area contributed by atoms with Crippen molar-refractivity contribution < 1.29 is 4.42 Å². The predicted molar refractivity (Wildman–Crippen MR) is 55.7 cm³/mol. The first-order valence-electron chi connectivity index (χ1n) is 5.01. The molecule has 3 N–H and O–H groups in total. The molecule has 0 spiro atoms. The summed E-state index contributed by atoms with van der Waals surface area (Å²) in [4.78, 5) is 0. The molecule has 1 unspecified atom stereocenters. The van der Waals surface area contributed by atoms with E-state index in [0.29, 0.717) is 5.22 Å². The second kappa shape index (κ2) is 4.34. The second-order valence-corrected chi connectivity index (χ2v) is 4.25. The van der Waals surface area contributed by atoms with Gasteiger partial charge in [0.05, 0.1) is 6.04 Å². The minimum absolute atomic E-state index is 0.100. The first kappa shape index (κ1) is 10.0. The van der Waals surface area contributed by atoms with Crippen molar-refractivity contribution in [1.82, 2.24) is 5.43 Å². The summed E-state index contributed by atoms with van der Waals surface area (Å²) in [5, 5.41) is 0.423. The van der Waals surface area contributed by atoms with Gasteiger partial charge < -0.3 is 4.42 Å². The number of halogens is 1. The van der Waals surface area contributed by atoms with Crippen molar-refractivity contribution in [3.63, 3.8) is 0 Å². The molecular weight excluding hydrogens is 200 g/mol. The van der Waals surface area contributed by atoms with Crippen LogP contribution in [0.5, 0.6) is 0 Å². The van der Waals surface area contributed by atoms with Crippen LogP contribution in [0.1, 0.15) is 37.5 Å². The molecule has 14 heavy (non-hydrogen) atoms. The van der Waals surface area contributed by atoms with E-state index in [1.807, 2.05) is 6.07 Å². The lowest BCUT2D eigenvalue weighted by atomic mass is 10.1. The highest BCUT2D eigenvalue weighted by Gasteiger charge is 2.23. The van der Waals surface area contributed by atoms with Crippen LogP contribution < -0.4 is 11.3 Å². The normalized spacial score (nSPS) is 18.4. The van der Waals surface area contributed by atoms with Crippen LogP contribution in [0.25, 0.3) is 0 Å². The lowest BCUT2D eigenvalue weighted by Gasteiger charge is -2.12. The van der Waals surface area contributed by atoms with E-state index in [-0.39, 0.29) is 6.04 Å². The molecule has 0 saturated heterocycles. The fraction of sp³-hybridized carbons (Fsp3) is 0.600. The van der Waals surface area contributed by atoms with Crippen LogP contribution in [0.4, 0.5) is 0 Å². The second-order valence-electron chi connectivity index (χ2n) is 3.88. The number of hydrogen-bond acceptors (Lipinski definition) is 3. The molecule has 0 aliphatic heterocycles. The van der Waals surface area contributed by atoms with Crippen molar-refractivity contribution in [3.8, 4) is 0 Å². The highest BCUT2D eigenvalue weighted by Crippen LogP contribution is 2.36. The third-order valence-electron chi connectivity index (χ3n) is 2.70. The van der Waals surface area contributed by atoms with E-state index in [2.05, 4.69) is 5.43 Å². The van der Waals surface area contributed by atoms with Crippen LogP contribution in [0.2, 0.25) is 5.22 Å². The lowest BCUT2D eigenvalue weighted by molar-refractivity contribution is 0.389. The average molecular weight is 215 g/mol. The molecule has 4 heteroatoms. The van der Waals surface area contributed by atoms with Crippen LogP contribution in [-0.4, -0.2) is 0 Å². The summed E-state index contributed by atoms with van der Waals surface area (Å²) in [5.41, 5.74) is 2.76. The quantitative estimate of drug-likeness (QED) is 0.585. The highest BCUT2D eigenvalue weighted by molar-refractivity contribution is 6.28. The first-order chi connectivity index (χ1) is 6.79. The molecule has 1 aromatic heterocycles. The molecule has 0 bridgehead atoms. The maximum absolute atomic E-state index is 5.70. The van der Waals surface area contributed by atoms with Crippen LogP contribution >= 0.6 is 11.6 Å². The maximum atomic E-state index is 5.70. The molecule has 1 atom stereocenters. The number of hydrazine groups is 1. The molecule has 0 amide bonds. The lowest BCUT2D eigenvalue weighted by Crippen LogP contribution is -2.27. The summed E-state index contributed by atoms with van der Waals surface area (Å²) < 4.78 is 5.31. The van der Waals surface area contributed by atoms with Crippen LogP contribution in [0.3, 0.4) is 0 Å². The van der Waals surface area contributed by atoms with Crippen molar-refractivity contribution in [3.05, 3.63) is 23.1 Å². The molecular formula is C10H15ClN2O. The molecule has 1 aliphatic carbocycles. The Kier molecular flexibility index (Phi) is 3.11. The Hall–Kier alpha value is -0.510. The van der Waals surface area contributed by atoms with E-state index in [9.17, 15) is 0 Å². The van der Waals surface area contributed by atoms with E-state index >= 15 is 0 Å². The predicted octanol–water partition coefficient (Wildman–Crippen LogP) is 2.63. The van der Waals surface area contributed by atoms with Gasteiger partial charge >= 0.3 is 0 Å². The first-order valence-corrected chi connectivity index (χ1v) is 5.38. The van der Waals surface area contributed by atoms with E-state index < -0.39 is 0 Å². The van der Waals surface area contributed by atoms with Gasteiger partial charge in [-0.1, -0.05) is 12.8 Å². The molecule has 78 valence electrons. The summed E-state index contributed by atoms with van der Waals surface area (Å²) in [5.74, 6) is 7.21. The fourth-order valence-corrected chi connectivity index (χ4v) is 1.78. The Morgan fingerprint density at radius 2 is 2.36 bits per heavy atom. The van der Waals surface area contributed by atoms with Crippen LogP contribution in [0, 0.1) is 5.92 Å². The third-order valence-corrected chi connectivity index (χ3v) is 2.90. The van der Waals surface area contributed by atoms with Gasteiger partial charge in [0.1, 0.15) is 5.76 Å². The Balaban J connectivity index is 1.90. The molecule has 3 nitrogen and oxygen atoms in total. The smallest absolute Gasteiger partial charge is 0.193 e. The summed E-state index contributed by atoms with van der Waals surface area (Å²) in [6.45, 7) is 0. The number of rotatable bonds is 5. The van der Waals surface area contributed by atoms with Crippen molar-refractivity contribution >= 4 is 11.6 Å².